The third-order valence-corrected chi connectivity index (χ3v) is 1.93. The van der Waals surface area contributed by atoms with Crippen LogP contribution >= 0.6 is 0 Å². The Morgan fingerprint density at radius 3 is 1.07 bits per heavy atom. The van der Waals surface area contributed by atoms with E-state index in [4.69, 9.17) is 0 Å². The van der Waals surface area contributed by atoms with Crippen LogP contribution in [0.1, 0.15) is 0 Å². The summed E-state index contributed by atoms with van der Waals surface area (Å²) in [5.41, 5.74) is 0. The largest absolute Gasteiger partial charge is 2.00 e. The Bertz CT molecular complexity index is 330. The van der Waals surface area contributed by atoms with Crippen LogP contribution < -0.4 is 0 Å². The third kappa shape index (κ3) is 31.6. The Hall–Kier alpha value is -0.181. The molecule has 0 amide bonds. The van der Waals surface area contributed by atoms with Crippen LogP contribution in [0.25, 0.3) is 0 Å². The quantitative estimate of drug-likeness (QED) is 0.390. The van der Waals surface area contributed by atoms with Gasteiger partial charge in [0.15, 0.2) is 0 Å². The van der Waals surface area contributed by atoms with E-state index in [1.807, 2.05) is 0 Å². The molecule has 0 aromatic heterocycles. The van der Waals surface area contributed by atoms with Gasteiger partial charge >= 0.3 is 17.1 Å². The normalized spacial score (nSPS) is 10.3. The molecule has 0 rings (SSSR count). The van der Waals surface area contributed by atoms with E-state index in [0.29, 0.717) is 0 Å². The van der Waals surface area contributed by atoms with Crippen LogP contribution in [-0.2, 0) is 37.3 Å². The van der Waals surface area contributed by atoms with Gasteiger partial charge in [0.25, 0.3) is 0 Å². The summed E-state index contributed by atoms with van der Waals surface area (Å²) in [6, 6.07) is 0. The summed E-state index contributed by atoms with van der Waals surface area (Å²) in [5, 5.41) is 0. The first-order chi connectivity index (χ1) is 6.12. The zero-order valence-corrected chi connectivity index (χ0v) is 10.1. The summed E-state index contributed by atoms with van der Waals surface area (Å²) in [4.78, 5) is 0. The molecular weight excluding hydrogens is 296 g/mol. The molecule has 0 bridgehead atoms. The molecule has 15 heavy (non-hydrogen) atoms. The molecule has 1 radical (unpaired) electrons. The minimum atomic E-state index is -4.04. The van der Waals surface area contributed by atoms with Gasteiger partial charge in [-0.2, -0.15) is 0 Å². The average Bonchev–Trinajstić information content (AvgIpc) is 1.81. The second kappa shape index (κ2) is 9.08. The fourth-order valence-electron chi connectivity index (χ4n) is 0.289. The first-order valence-electron chi connectivity index (χ1n) is 3.21. The number of hydrogen-bond donors (Lipinski definition) is 0. The zero-order valence-electron chi connectivity index (χ0n) is 7.55. The van der Waals surface area contributed by atoms with E-state index >= 15 is 0 Å². The SMILES string of the molecule is C=CCS(=O)(=O)[O-].C=CCS(=O)(=O)[O-].[Cu+2]. The standard InChI is InChI=1S/2C3H6O3S.Cu/c2*1-2-3-7(4,5)6;/h2*2H,1,3H2,(H,4,5,6);/q;;+2/p-2. The van der Waals surface area contributed by atoms with Crippen LogP contribution in [0, 0.1) is 0 Å². The number of hydrogen-bond acceptors (Lipinski definition) is 6. The van der Waals surface area contributed by atoms with Crippen molar-refractivity contribution in [2.45, 2.75) is 0 Å². The van der Waals surface area contributed by atoms with Crippen molar-refractivity contribution in [3.63, 3.8) is 0 Å². The molecule has 6 nitrogen and oxygen atoms in total. The molecule has 0 spiro atoms. The maximum atomic E-state index is 9.60. The van der Waals surface area contributed by atoms with Crippen molar-refractivity contribution >= 4 is 20.2 Å². The van der Waals surface area contributed by atoms with Gasteiger partial charge in [-0.05, 0) is 0 Å². The molecule has 93 valence electrons. The molecule has 0 aliphatic rings. The van der Waals surface area contributed by atoms with Crippen LogP contribution in [0.2, 0.25) is 0 Å². The molecular formula is C6H10CuO6S2. The van der Waals surface area contributed by atoms with Gasteiger partial charge in [0.2, 0.25) is 0 Å². The van der Waals surface area contributed by atoms with Gasteiger partial charge in [0, 0.05) is 0 Å². The van der Waals surface area contributed by atoms with Crippen LogP contribution in [0.15, 0.2) is 25.3 Å². The molecule has 0 aliphatic carbocycles. The minimum absolute atomic E-state index is 0. The van der Waals surface area contributed by atoms with Crippen molar-refractivity contribution in [2.75, 3.05) is 11.5 Å². The Morgan fingerprint density at radius 2 is 1.07 bits per heavy atom. The van der Waals surface area contributed by atoms with E-state index in [-0.39, 0.29) is 17.1 Å². The fourth-order valence-corrected chi connectivity index (χ4v) is 0.866. The molecule has 0 aromatic carbocycles. The smallest absolute Gasteiger partial charge is 0.748 e. The summed E-state index contributed by atoms with van der Waals surface area (Å²) in [6.45, 7) is 6.13. The molecule has 9 heteroatoms. The van der Waals surface area contributed by atoms with Gasteiger partial charge in [0.05, 0.1) is 31.7 Å². The summed E-state index contributed by atoms with van der Waals surface area (Å²) in [5.74, 6) is -0.958. The Kier molecular flexibility index (Phi) is 12.3. The first-order valence-corrected chi connectivity index (χ1v) is 6.37. The van der Waals surface area contributed by atoms with E-state index in [2.05, 4.69) is 13.2 Å². The zero-order chi connectivity index (χ0) is 11.8. The van der Waals surface area contributed by atoms with Crippen molar-refractivity contribution in [3.8, 4) is 0 Å². The molecule has 0 unspecified atom stereocenters. The van der Waals surface area contributed by atoms with Crippen LogP contribution in [0.5, 0.6) is 0 Å². The van der Waals surface area contributed by atoms with Gasteiger partial charge in [-0.25, -0.2) is 16.8 Å². The summed E-state index contributed by atoms with van der Waals surface area (Å²) >= 11 is 0. The summed E-state index contributed by atoms with van der Waals surface area (Å²) in [7, 11) is -8.08. The number of rotatable bonds is 4. The van der Waals surface area contributed by atoms with Gasteiger partial charge in [-0.3, -0.25) is 0 Å². The molecule has 0 saturated heterocycles. The molecule has 0 heterocycles. The maximum absolute atomic E-state index is 9.60. The maximum Gasteiger partial charge on any atom is 2.00 e. The minimum Gasteiger partial charge on any atom is -0.748 e. The Labute approximate surface area is 100 Å². The van der Waals surface area contributed by atoms with Gasteiger partial charge in [0.1, 0.15) is 0 Å². The molecule has 0 aromatic rings. The third-order valence-electron chi connectivity index (χ3n) is 0.644. The molecule has 0 aliphatic heterocycles. The molecule has 0 N–H and O–H groups in total. The molecule has 0 fully saturated rings. The van der Waals surface area contributed by atoms with Crippen molar-refractivity contribution in [1.29, 1.82) is 0 Å². The van der Waals surface area contributed by atoms with E-state index in [1.54, 1.807) is 0 Å². The van der Waals surface area contributed by atoms with E-state index in [0.717, 1.165) is 12.2 Å². The van der Waals surface area contributed by atoms with Gasteiger partial charge in [-0.1, -0.05) is 12.2 Å². The van der Waals surface area contributed by atoms with Crippen molar-refractivity contribution in [2.24, 2.45) is 0 Å². The van der Waals surface area contributed by atoms with E-state index in [9.17, 15) is 25.9 Å². The monoisotopic (exact) mass is 305 g/mol. The van der Waals surface area contributed by atoms with E-state index < -0.39 is 31.7 Å². The molecule has 0 saturated carbocycles. The predicted octanol–water partition coefficient (Wildman–Crippen LogP) is -0.567. The average molecular weight is 306 g/mol. The van der Waals surface area contributed by atoms with Crippen molar-refractivity contribution in [3.05, 3.63) is 25.3 Å². The van der Waals surface area contributed by atoms with Crippen LogP contribution in [-0.4, -0.2) is 37.4 Å². The van der Waals surface area contributed by atoms with Crippen LogP contribution in [0.3, 0.4) is 0 Å². The van der Waals surface area contributed by atoms with Gasteiger partial charge < -0.3 is 9.11 Å². The Morgan fingerprint density at radius 1 is 0.867 bits per heavy atom. The fraction of sp³-hybridized carbons (Fsp3) is 0.333. The summed E-state index contributed by atoms with van der Waals surface area (Å²) in [6.07, 6.45) is 2.12. The van der Waals surface area contributed by atoms with Crippen LogP contribution in [0.4, 0.5) is 0 Å². The topological polar surface area (TPSA) is 114 Å². The summed E-state index contributed by atoms with van der Waals surface area (Å²) < 4.78 is 57.6. The predicted molar refractivity (Wildman–Crippen MR) is 49.5 cm³/mol. The first kappa shape index (κ1) is 20.3. The van der Waals surface area contributed by atoms with E-state index in [1.165, 1.54) is 0 Å². The second-order valence-electron chi connectivity index (χ2n) is 2.03. The van der Waals surface area contributed by atoms with Crippen molar-refractivity contribution in [1.82, 2.24) is 0 Å². The Balaban J connectivity index is -0.000000180. The van der Waals surface area contributed by atoms with Crippen molar-refractivity contribution < 1.29 is 43.0 Å². The molecule has 0 atom stereocenters. The van der Waals surface area contributed by atoms with Gasteiger partial charge in [-0.15, -0.1) is 13.2 Å². The second-order valence-corrected chi connectivity index (χ2v) is 4.92.